The Kier molecular flexibility index (Phi) is 4.39. The maximum absolute atomic E-state index is 12.2. The zero-order valence-electron chi connectivity index (χ0n) is 12.5. The first-order valence-electron chi connectivity index (χ1n) is 7.37. The van der Waals surface area contributed by atoms with Gasteiger partial charge in [0.05, 0.1) is 13.2 Å². The smallest absolute Gasteiger partial charge is 0.251 e. The van der Waals surface area contributed by atoms with Gasteiger partial charge >= 0.3 is 0 Å². The van der Waals surface area contributed by atoms with E-state index in [1.54, 1.807) is 13.2 Å². The minimum Gasteiger partial charge on any atom is -0.488 e. The number of para-hydroxylation sites is 1. The Morgan fingerprint density at radius 1 is 1.27 bits per heavy atom. The van der Waals surface area contributed by atoms with E-state index in [4.69, 9.17) is 9.47 Å². The maximum atomic E-state index is 12.2. The summed E-state index contributed by atoms with van der Waals surface area (Å²) in [5.41, 5.74) is 2.83. The minimum atomic E-state index is -0.0856. The van der Waals surface area contributed by atoms with Crippen molar-refractivity contribution in [3.8, 4) is 5.75 Å². The van der Waals surface area contributed by atoms with Gasteiger partial charge in [-0.25, -0.2) is 0 Å². The molecule has 22 heavy (non-hydrogen) atoms. The molecule has 1 unspecified atom stereocenters. The molecule has 0 fully saturated rings. The van der Waals surface area contributed by atoms with Crippen LogP contribution in [-0.4, -0.2) is 25.7 Å². The molecule has 0 bridgehead atoms. The van der Waals surface area contributed by atoms with E-state index in [9.17, 15) is 4.79 Å². The van der Waals surface area contributed by atoms with Gasteiger partial charge in [0.2, 0.25) is 0 Å². The van der Waals surface area contributed by atoms with Crippen molar-refractivity contribution in [3.05, 3.63) is 65.2 Å². The summed E-state index contributed by atoms with van der Waals surface area (Å²) in [5, 5.41) is 2.94. The number of rotatable bonds is 5. The number of carbonyl (C=O) groups excluding carboxylic acids is 1. The van der Waals surface area contributed by atoms with E-state index in [2.05, 4.69) is 11.4 Å². The topological polar surface area (TPSA) is 47.6 Å². The molecule has 0 aromatic heterocycles. The zero-order valence-corrected chi connectivity index (χ0v) is 12.5. The number of benzene rings is 2. The third kappa shape index (κ3) is 3.28. The normalized spacial score (nSPS) is 16.0. The molecule has 1 amide bonds. The highest BCUT2D eigenvalue weighted by Crippen LogP contribution is 2.27. The first-order valence-corrected chi connectivity index (χ1v) is 7.37. The van der Waals surface area contributed by atoms with E-state index in [-0.39, 0.29) is 12.0 Å². The van der Waals surface area contributed by atoms with Crippen LogP contribution >= 0.6 is 0 Å². The van der Waals surface area contributed by atoms with Gasteiger partial charge in [-0.1, -0.05) is 30.3 Å². The number of nitrogens with one attached hydrogen (secondary N) is 1. The lowest BCUT2D eigenvalue weighted by atomic mass is 10.1. The largest absolute Gasteiger partial charge is 0.488 e. The molecule has 2 aromatic carbocycles. The Labute approximate surface area is 130 Å². The highest BCUT2D eigenvalue weighted by molar-refractivity contribution is 5.94. The van der Waals surface area contributed by atoms with Crippen molar-refractivity contribution in [2.75, 3.05) is 13.7 Å². The van der Waals surface area contributed by atoms with E-state index >= 15 is 0 Å². The third-order valence-corrected chi connectivity index (χ3v) is 3.70. The molecule has 114 valence electrons. The molecule has 4 nitrogen and oxygen atoms in total. The van der Waals surface area contributed by atoms with Crippen molar-refractivity contribution in [1.82, 2.24) is 5.32 Å². The monoisotopic (exact) mass is 297 g/mol. The number of hydrogen-bond acceptors (Lipinski definition) is 3. The molecular formula is C18H19NO3. The minimum absolute atomic E-state index is 0.00325. The Morgan fingerprint density at radius 2 is 2.14 bits per heavy atom. The van der Waals surface area contributed by atoms with Crippen molar-refractivity contribution < 1.29 is 14.3 Å². The Hall–Kier alpha value is -2.33. The van der Waals surface area contributed by atoms with Crippen LogP contribution in [0.5, 0.6) is 5.75 Å². The molecule has 2 aromatic rings. The van der Waals surface area contributed by atoms with Crippen LogP contribution in [0.2, 0.25) is 0 Å². The van der Waals surface area contributed by atoms with Gasteiger partial charge in [-0.2, -0.15) is 0 Å². The predicted molar refractivity (Wildman–Crippen MR) is 84.1 cm³/mol. The molecule has 4 heteroatoms. The molecule has 0 saturated heterocycles. The van der Waals surface area contributed by atoms with Crippen LogP contribution in [0.25, 0.3) is 0 Å². The average Bonchev–Trinajstić information content (AvgIpc) is 2.96. The number of ether oxygens (including phenoxy) is 2. The lowest BCUT2D eigenvalue weighted by Gasteiger charge is -2.12. The molecule has 1 N–H and O–H groups in total. The molecule has 0 spiro atoms. The van der Waals surface area contributed by atoms with Gasteiger partial charge in [-0.3, -0.25) is 4.79 Å². The predicted octanol–water partition coefficient (Wildman–Crippen LogP) is 2.57. The number of methoxy groups -OCH3 is 1. The van der Waals surface area contributed by atoms with Gasteiger partial charge in [0.25, 0.3) is 5.91 Å². The molecule has 0 radical (unpaired) electrons. The lowest BCUT2D eigenvalue weighted by Crippen LogP contribution is -2.34. The summed E-state index contributed by atoms with van der Waals surface area (Å²) in [6.07, 6.45) is 0.837. The molecule has 0 aliphatic carbocycles. The van der Waals surface area contributed by atoms with Crippen molar-refractivity contribution in [2.45, 2.75) is 19.1 Å². The van der Waals surface area contributed by atoms with Crippen LogP contribution in [0.3, 0.4) is 0 Å². The van der Waals surface area contributed by atoms with Crippen molar-refractivity contribution in [2.24, 2.45) is 0 Å². The van der Waals surface area contributed by atoms with Gasteiger partial charge < -0.3 is 14.8 Å². The summed E-state index contributed by atoms with van der Waals surface area (Å²) in [4.78, 5) is 12.2. The van der Waals surface area contributed by atoms with Gasteiger partial charge in [0.15, 0.2) is 0 Å². The van der Waals surface area contributed by atoms with E-state index < -0.39 is 0 Å². The second-order valence-corrected chi connectivity index (χ2v) is 5.40. The second kappa shape index (κ2) is 6.62. The number of amides is 1. The van der Waals surface area contributed by atoms with E-state index in [0.29, 0.717) is 18.7 Å². The first-order chi connectivity index (χ1) is 10.8. The van der Waals surface area contributed by atoms with Gasteiger partial charge in [0.1, 0.15) is 11.9 Å². The summed E-state index contributed by atoms with van der Waals surface area (Å²) in [6, 6.07) is 15.5. The number of carbonyl (C=O) groups is 1. The quantitative estimate of drug-likeness (QED) is 0.922. The van der Waals surface area contributed by atoms with Crippen LogP contribution in [0.4, 0.5) is 0 Å². The number of fused-ring (bicyclic) bond motifs is 1. The summed E-state index contributed by atoms with van der Waals surface area (Å²) in [6.45, 7) is 1.00. The van der Waals surface area contributed by atoms with Crippen LogP contribution < -0.4 is 10.1 Å². The summed E-state index contributed by atoms with van der Waals surface area (Å²) in [5.74, 6) is 0.835. The van der Waals surface area contributed by atoms with Crippen molar-refractivity contribution in [1.29, 1.82) is 0 Å². The summed E-state index contributed by atoms with van der Waals surface area (Å²) >= 11 is 0. The van der Waals surface area contributed by atoms with Crippen molar-refractivity contribution in [3.63, 3.8) is 0 Å². The SMILES string of the molecule is COCc1cccc(C(=O)NCC2Cc3ccccc3O2)c1. The molecule has 1 aliphatic heterocycles. The van der Waals surface area contributed by atoms with Crippen molar-refractivity contribution >= 4 is 5.91 Å². The van der Waals surface area contributed by atoms with Gasteiger partial charge in [-0.15, -0.1) is 0 Å². The molecule has 3 rings (SSSR count). The van der Waals surface area contributed by atoms with E-state index in [1.807, 2.05) is 36.4 Å². The fourth-order valence-corrected chi connectivity index (χ4v) is 2.65. The molecule has 1 heterocycles. The highest BCUT2D eigenvalue weighted by Gasteiger charge is 2.22. The highest BCUT2D eigenvalue weighted by atomic mass is 16.5. The fraction of sp³-hybridized carbons (Fsp3) is 0.278. The Bertz CT molecular complexity index is 644. The van der Waals surface area contributed by atoms with E-state index in [0.717, 1.165) is 17.7 Å². The fourth-order valence-electron chi connectivity index (χ4n) is 2.65. The van der Waals surface area contributed by atoms with Crippen LogP contribution in [0.15, 0.2) is 48.5 Å². The average molecular weight is 297 g/mol. The first kappa shape index (κ1) is 14.6. The summed E-state index contributed by atoms with van der Waals surface area (Å²) in [7, 11) is 1.64. The Morgan fingerprint density at radius 3 is 2.95 bits per heavy atom. The lowest BCUT2D eigenvalue weighted by molar-refractivity contribution is 0.0933. The molecule has 1 atom stereocenters. The Balaban J connectivity index is 1.56. The standard InChI is InChI=1S/C18H19NO3/c1-21-12-13-5-4-7-15(9-13)18(20)19-11-16-10-14-6-2-3-8-17(14)22-16/h2-9,16H,10-12H2,1H3,(H,19,20). The number of hydrogen-bond donors (Lipinski definition) is 1. The molecular weight excluding hydrogens is 278 g/mol. The molecule has 1 aliphatic rings. The zero-order chi connectivity index (χ0) is 15.4. The van der Waals surface area contributed by atoms with Gasteiger partial charge in [-0.05, 0) is 29.3 Å². The third-order valence-electron chi connectivity index (χ3n) is 3.70. The summed E-state index contributed by atoms with van der Waals surface area (Å²) < 4.78 is 10.9. The van der Waals surface area contributed by atoms with Crippen LogP contribution in [0, 0.1) is 0 Å². The van der Waals surface area contributed by atoms with E-state index in [1.165, 1.54) is 5.56 Å². The second-order valence-electron chi connectivity index (χ2n) is 5.40. The van der Waals surface area contributed by atoms with Crippen LogP contribution in [0.1, 0.15) is 21.5 Å². The molecule has 0 saturated carbocycles. The maximum Gasteiger partial charge on any atom is 0.251 e. The van der Waals surface area contributed by atoms with Crippen LogP contribution in [-0.2, 0) is 17.8 Å². The van der Waals surface area contributed by atoms with Gasteiger partial charge in [0, 0.05) is 19.1 Å².